The fraction of sp³-hybridized carbons (Fsp3) is 0.103. The molecule has 0 atom stereocenters. The van der Waals surface area contributed by atoms with E-state index in [1.807, 2.05) is 72.8 Å². The first-order valence-corrected chi connectivity index (χ1v) is 12.4. The second kappa shape index (κ2) is 11.2. The Balaban J connectivity index is 1.31. The van der Waals surface area contributed by atoms with E-state index < -0.39 is 0 Å². The molecule has 0 amide bonds. The van der Waals surface area contributed by atoms with Crippen LogP contribution in [0.4, 0.5) is 17.2 Å². The van der Waals surface area contributed by atoms with Crippen LogP contribution < -0.4 is 24.8 Å². The topological polar surface area (TPSA) is 77.5 Å². The molecule has 0 saturated heterocycles. The number of methoxy groups -OCH3 is 2. The molecule has 0 unspecified atom stereocenters. The third-order valence-corrected chi connectivity index (χ3v) is 6.17. The molecule has 0 radical (unpaired) electrons. The van der Waals surface area contributed by atoms with E-state index >= 15 is 0 Å². The fourth-order valence-electron chi connectivity index (χ4n) is 3.87. The molecule has 0 fully saturated rings. The molecule has 8 heteroatoms. The molecular formula is C29H25BrN4O3. The Labute approximate surface area is 223 Å². The Kier molecular flexibility index (Phi) is 7.37. The van der Waals surface area contributed by atoms with Crippen molar-refractivity contribution < 1.29 is 14.2 Å². The van der Waals surface area contributed by atoms with Gasteiger partial charge in [0.25, 0.3) is 0 Å². The summed E-state index contributed by atoms with van der Waals surface area (Å²) in [5, 5.41) is 7.81. The van der Waals surface area contributed by atoms with Crippen LogP contribution in [0.5, 0.6) is 23.0 Å². The SMILES string of the molecule is COc1cc(OC)cc(Oc2cccc(CNc3ccc4ncnc(Nc5cccc(Br)c5)c4c3)c2)c1. The number of nitrogens with zero attached hydrogens (tertiary/aromatic N) is 2. The van der Waals surface area contributed by atoms with Gasteiger partial charge in [-0.1, -0.05) is 34.1 Å². The van der Waals surface area contributed by atoms with Crippen molar-refractivity contribution in [3.05, 3.63) is 101 Å². The summed E-state index contributed by atoms with van der Waals surface area (Å²) in [5.41, 5.74) is 3.84. The lowest BCUT2D eigenvalue weighted by atomic mass is 10.1. The normalized spacial score (nSPS) is 10.7. The summed E-state index contributed by atoms with van der Waals surface area (Å²) < 4.78 is 17.8. The average molecular weight is 557 g/mol. The molecule has 0 aliphatic carbocycles. The first kappa shape index (κ1) is 24.4. The molecule has 1 aromatic heterocycles. The summed E-state index contributed by atoms with van der Waals surface area (Å²) in [4.78, 5) is 8.88. The van der Waals surface area contributed by atoms with E-state index in [0.717, 1.165) is 43.9 Å². The second-order valence-corrected chi connectivity index (χ2v) is 9.16. The summed E-state index contributed by atoms with van der Waals surface area (Å²) in [5.74, 6) is 3.45. The average Bonchev–Trinajstić information content (AvgIpc) is 2.92. The molecule has 1 heterocycles. The van der Waals surface area contributed by atoms with Gasteiger partial charge in [-0.15, -0.1) is 0 Å². The van der Waals surface area contributed by atoms with Crippen LogP contribution in [0.3, 0.4) is 0 Å². The van der Waals surface area contributed by atoms with Crippen molar-refractivity contribution in [2.24, 2.45) is 0 Å². The Morgan fingerprint density at radius 1 is 0.730 bits per heavy atom. The molecule has 7 nitrogen and oxygen atoms in total. The van der Waals surface area contributed by atoms with E-state index in [2.05, 4.69) is 48.7 Å². The summed E-state index contributed by atoms with van der Waals surface area (Å²) in [6.07, 6.45) is 1.57. The molecule has 0 bridgehead atoms. The predicted octanol–water partition coefficient (Wildman–Crippen LogP) is 7.56. The molecule has 186 valence electrons. The minimum Gasteiger partial charge on any atom is -0.496 e. The lowest BCUT2D eigenvalue weighted by molar-refractivity contribution is 0.386. The van der Waals surface area contributed by atoms with Crippen molar-refractivity contribution in [1.29, 1.82) is 0 Å². The Morgan fingerprint density at radius 3 is 2.30 bits per heavy atom. The largest absolute Gasteiger partial charge is 0.496 e. The Morgan fingerprint density at radius 2 is 1.51 bits per heavy atom. The zero-order valence-corrected chi connectivity index (χ0v) is 22.0. The van der Waals surface area contributed by atoms with Gasteiger partial charge in [-0.25, -0.2) is 9.97 Å². The van der Waals surface area contributed by atoms with Gasteiger partial charge in [-0.2, -0.15) is 0 Å². The summed E-state index contributed by atoms with van der Waals surface area (Å²) in [6, 6.07) is 27.4. The van der Waals surface area contributed by atoms with Crippen LogP contribution in [0.2, 0.25) is 0 Å². The zero-order chi connectivity index (χ0) is 25.6. The highest BCUT2D eigenvalue weighted by molar-refractivity contribution is 9.10. The van der Waals surface area contributed by atoms with Gasteiger partial charge in [0.2, 0.25) is 0 Å². The number of ether oxygens (including phenoxy) is 3. The maximum absolute atomic E-state index is 6.08. The molecule has 0 saturated carbocycles. The Hall–Kier alpha value is -4.30. The molecule has 2 N–H and O–H groups in total. The second-order valence-electron chi connectivity index (χ2n) is 8.24. The molecule has 4 aromatic carbocycles. The van der Waals surface area contributed by atoms with Gasteiger partial charge in [0.15, 0.2) is 0 Å². The number of halogens is 1. The van der Waals surface area contributed by atoms with Crippen molar-refractivity contribution in [3.8, 4) is 23.0 Å². The van der Waals surface area contributed by atoms with E-state index in [0.29, 0.717) is 23.8 Å². The van der Waals surface area contributed by atoms with Crippen molar-refractivity contribution in [2.75, 3.05) is 24.9 Å². The van der Waals surface area contributed by atoms with Gasteiger partial charge in [-0.05, 0) is 54.1 Å². The molecule has 5 rings (SSSR count). The number of fused-ring (bicyclic) bond motifs is 1. The maximum atomic E-state index is 6.08. The first-order chi connectivity index (χ1) is 18.1. The number of aromatic nitrogens is 2. The summed E-state index contributed by atoms with van der Waals surface area (Å²) in [6.45, 7) is 0.617. The van der Waals surface area contributed by atoms with E-state index in [1.54, 1.807) is 20.5 Å². The summed E-state index contributed by atoms with van der Waals surface area (Å²) >= 11 is 3.51. The smallest absolute Gasteiger partial charge is 0.141 e. The quantitative estimate of drug-likeness (QED) is 0.194. The van der Waals surface area contributed by atoms with Gasteiger partial charge >= 0.3 is 0 Å². The highest BCUT2D eigenvalue weighted by Crippen LogP contribution is 2.31. The zero-order valence-electron chi connectivity index (χ0n) is 20.4. The first-order valence-electron chi connectivity index (χ1n) is 11.6. The lowest BCUT2D eigenvalue weighted by Gasteiger charge is -2.13. The number of nitrogens with one attached hydrogen (secondary N) is 2. The maximum Gasteiger partial charge on any atom is 0.141 e. The van der Waals surface area contributed by atoms with Crippen LogP contribution in [0.15, 0.2) is 95.7 Å². The number of rotatable bonds is 9. The van der Waals surface area contributed by atoms with Crippen molar-refractivity contribution in [1.82, 2.24) is 9.97 Å². The third-order valence-electron chi connectivity index (χ3n) is 5.68. The van der Waals surface area contributed by atoms with Gasteiger partial charge in [0, 0.05) is 46.0 Å². The minimum absolute atomic E-state index is 0.617. The van der Waals surface area contributed by atoms with E-state index in [-0.39, 0.29) is 0 Å². The lowest BCUT2D eigenvalue weighted by Crippen LogP contribution is -2.01. The van der Waals surface area contributed by atoms with Crippen LogP contribution in [0.1, 0.15) is 5.56 Å². The van der Waals surface area contributed by atoms with Gasteiger partial charge in [0.1, 0.15) is 35.1 Å². The van der Waals surface area contributed by atoms with E-state index in [4.69, 9.17) is 14.2 Å². The van der Waals surface area contributed by atoms with Crippen LogP contribution in [0.25, 0.3) is 10.9 Å². The van der Waals surface area contributed by atoms with Crippen LogP contribution in [-0.4, -0.2) is 24.2 Å². The number of anilines is 3. The highest BCUT2D eigenvalue weighted by Gasteiger charge is 2.08. The minimum atomic E-state index is 0.617. The standard InChI is InChI=1S/C29H25BrN4O3/c1-35-24-14-25(36-2)16-26(15-24)37-23-8-3-5-19(11-23)17-31-21-9-10-28-27(13-21)29(33-18-32-28)34-22-7-4-6-20(30)12-22/h3-16,18,31H,17H2,1-2H3,(H,32,33,34). The van der Waals surface area contributed by atoms with Crippen LogP contribution >= 0.6 is 15.9 Å². The molecule has 5 aromatic rings. The van der Waals surface area contributed by atoms with Gasteiger partial charge < -0.3 is 24.8 Å². The van der Waals surface area contributed by atoms with Gasteiger partial charge in [-0.3, -0.25) is 0 Å². The number of hydrogen-bond acceptors (Lipinski definition) is 7. The fourth-order valence-corrected chi connectivity index (χ4v) is 4.27. The predicted molar refractivity (Wildman–Crippen MR) is 150 cm³/mol. The van der Waals surface area contributed by atoms with Crippen LogP contribution in [0, 0.1) is 0 Å². The molecule has 0 aliphatic heterocycles. The molecular weight excluding hydrogens is 532 g/mol. The van der Waals surface area contributed by atoms with E-state index in [1.165, 1.54) is 0 Å². The van der Waals surface area contributed by atoms with Gasteiger partial charge in [0.05, 0.1) is 19.7 Å². The third kappa shape index (κ3) is 6.10. The molecule has 37 heavy (non-hydrogen) atoms. The monoisotopic (exact) mass is 556 g/mol. The molecule has 0 spiro atoms. The molecule has 0 aliphatic rings. The van der Waals surface area contributed by atoms with Crippen LogP contribution in [-0.2, 0) is 6.54 Å². The van der Waals surface area contributed by atoms with Crippen molar-refractivity contribution >= 4 is 44.0 Å². The van der Waals surface area contributed by atoms with E-state index in [9.17, 15) is 0 Å². The highest BCUT2D eigenvalue weighted by atomic mass is 79.9. The summed E-state index contributed by atoms with van der Waals surface area (Å²) in [7, 11) is 3.23. The van der Waals surface area contributed by atoms with Crippen molar-refractivity contribution in [3.63, 3.8) is 0 Å². The number of hydrogen-bond donors (Lipinski definition) is 2. The van der Waals surface area contributed by atoms with Crippen molar-refractivity contribution in [2.45, 2.75) is 6.54 Å². The number of benzene rings is 4. The Bertz CT molecular complexity index is 1520.